The number of aryl methyl sites for hydroxylation is 1. The Labute approximate surface area is 349 Å². The molecule has 1 atom stereocenters. The molecule has 13 nitrogen and oxygen atoms in total. The van der Waals surface area contributed by atoms with Gasteiger partial charge in [-0.05, 0) is 106 Å². The summed E-state index contributed by atoms with van der Waals surface area (Å²) in [6.07, 6.45) is 15.3. The number of fused-ring (bicyclic) bond motifs is 2. The SMILES string of the molecule is CC1(C)C(/C=C/C=C/C=C2/N(CCCS(=O)(=O)O)c3ccc(SOO[O-])cc3C2(C)CCCCCC(=O)O)=[N+](CCCCc2cccs2)c2ccc(S(=O)(=O)O)cc21. The molecule has 58 heavy (non-hydrogen) atoms. The highest BCUT2D eigenvalue weighted by molar-refractivity contribution is 7.94. The molecule has 0 saturated heterocycles. The lowest BCUT2D eigenvalue weighted by atomic mass is 9.77. The number of rotatable bonds is 22. The molecule has 2 aromatic carbocycles. The van der Waals surface area contributed by atoms with Gasteiger partial charge in [-0.2, -0.15) is 25.7 Å². The van der Waals surface area contributed by atoms with E-state index < -0.39 is 42.8 Å². The second kappa shape index (κ2) is 19.6. The van der Waals surface area contributed by atoms with E-state index in [9.17, 15) is 41.1 Å². The van der Waals surface area contributed by atoms with E-state index in [1.165, 1.54) is 10.9 Å². The molecule has 0 fully saturated rings. The lowest BCUT2D eigenvalue weighted by Gasteiger charge is -2.30. The predicted octanol–water partition coefficient (Wildman–Crippen LogP) is 7.71. The van der Waals surface area contributed by atoms with Gasteiger partial charge in [0.05, 0.1) is 28.1 Å². The molecule has 0 bridgehead atoms. The highest BCUT2D eigenvalue weighted by Gasteiger charge is 2.45. The van der Waals surface area contributed by atoms with Crippen LogP contribution in [0, 0.1) is 0 Å². The number of anilines is 1. The fraction of sp³-hybridized carbons (Fsp3) is 0.415. The summed E-state index contributed by atoms with van der Waals surface area (Å²) in [5.74, 6) is -1.28. The molecular formula is C41H50N2O11S4. The molecule has 0 radical (unpaired) electrons. The summed E-state index contributed by atoms with van der Waals surface area (Å²) in [7, 11) is -8.62. The number of carboxylic acids is 1. The summed E-state index contributed by atoms with van der Waals surface area (Å²) < 4.78 is 73.8. The molecule has 0 saturated carbocycles. The highest BCUT2D eigenvalue weighted by atomic mass is 32.2. The average molecular weight is 875 g/mol. The quantitative estimate of drug-likeness (QED) is 0.0169. The van der Waals surface area contributed by atoms with Crippen LogP contribution in [0.4, 0.5) is 11.4 Å². The van der Waals surface area contributed by atoms with Gasteiger partial charge in [-0.3, -0.25) is 18.9 Å². The Balaban J connectivity index is 1.48. The molecule has 17 heteroatoms. The Hall–Kier alpha value is -3.65. The van der Waals surface area contributed by atoms with E-state index in [1.54, 1.807) is 29.5 Å². The molecule has 314 valence electrons. The first kappa shape index (κ1) is 45.4. The number of hydrogen-bond acceptors (Lipinski definition) is 11. The lowest BCUT2D eigenvalue weighted by molar-refractivity contribution is -0.777. The third-order valence-electron chi connectivity index (χ3n) is 10.7. The van der Waals surface area contributed by atoms with Gasteiger partial charge in [0.1, 0.15) is 6.54 Å². The zero-order valence-electron chi connectivity index (χ0n) is 32.7. The molecule has 3 aromatic rings. The van der Waals surface area contributed by atoms with Gasteiger partial charge in [0.15, 0.2) is 5.71 Å². The number of carboxylic acid groups (broad SMARTS) is 1. The monoisotopic (exact) mass is 874 g/mol. The Morgan fingerprint density at radius 2 is 1.74 bits per heavy atom. The fourth-order valence-corrected chi connectivity index (χ4v) is 10.1. The summed E-state index contributed by atoms with van der Waals surface area (Å²) in [5.41, 5.74) is 4.03. The maximum absolute atomic E-state index is 12.1. The highest BCUT2D eigenvalue weighted by Crippen LogP contribution is 2.52. The van der Waals surface area contributed by atoms with E-state index in [1.807, 2.05) is 67.3 Å². The summed E-state index contributed by atoms with van der Waals surface area (Å²) >= 11 is 2.50. The van der Waals surface area contributed by atoms with E-state index in [-0.39, 0.29) is 24.3 Å². The largest absolute Gasteiger partial charge is 0.691 e. The summed E-state index contributed by atoms with van der Waals surface area (Å²) in [6, 6.07) is 14.4. The first-order valence-corrected chi connectivity index (χ1v) is 23.7. The van der Waals surface area contributed by atoms with Crippen molar-refractivity contribution >= 4 is 66.7 Å². The van der Waals surface area contributed by atoms with Gasteiger partial charge in [-0.15, -0.1) is 11.3 Å². The van der Waals surface area contributed by atoms with E-state index in [0.717, 1.165) is 65.2 Å². The van der Waals surface area contributed by atoms with Crippen LogP contribution < -0.4 is 10.2 Å². The second-order valence-electron chi connectivity index (χ2n) is 15.1. The van der Waals surface area contributed by atoms with Crippen LogP contribution in [0.5, 0.6) is 0 Å². The average Bonchev–Trinajstić information content (AvgIpc) is 3.81. The predicted molar refractivity (Wildman–Crippen MR) is 224 cm³/mol. The molecule has 0 aliphatic carbocycles. The van der Waals surface area contributed by atoms with Crippen LogP contribution in [0.2, 0.25) is 0 Å². The van der Waals surface area contributed by atoms with Crippen molar-refractivity contribution in [3.63, 3.8) is 0 Å². The van der Waals surface area contributed by atoms with Crippen molar-refractivity contribution in [2.45, 2.75) is 99.2 Å². The maximum atomic E-state index is 12.1. The van der Waals surface area contributed by atoms with E-state index in [4.69, 9.17) is 0 Å². The van der Waals surface area contributed by atoms with Gasteiger partial charge in [-0.25, -0.2) is 0 Å². The van der Waals surface area contributed by atoms with Gasteiger partial charge >= 0.3 is 5.97 Å². The van der Waals surface area contributed by atoms with Gasteiger partial charge in [-0.1, -0.05) is 37.1 Å². The molecular weight excluding hydrogens is 825 g/mol. The van der Waals surface area contributed by atoms with E-state index >= 15 is 0 Å². The first-order chi connectivity index (χ1) is 27.5. The summed E-state index contributed by atoms with van der Waals surface area (Å²) in [6.45, 7) is 7.11. The van der Waals surface area contributed by atoms with Gasteiger partial charge in [0, 0.05) is 63.7 Å². The number of carbonyl (C=O) groups is 1. The third-order valence-corrected chi connectivity index (χ3v) is 13.9. The minimum Gasteiger partial charge on any atom is -0.691 e. The van der Waals surface area contributed by atoms with Crippen LogP contribution in [-0.4, -0.2) is 66.1 Å². The fourth-order valence-electron chi connectivity index (χ4n) is 7.91. The van der Waals surface area contributed by atoms with Crippen molar-refractivity contribution in [2.75, 3.05) is 23.7 Å². The van der Waals surface area contributed by atoms with Crippen LogP contribution in [-0.2, 0) is 51.7 Å². The summed E-state index contributed by atoms with van der Waals surface area (Å²) in [4.78, 5) is 15.0. The summed E-state index contributed by atoms with van der Waals surface area (Å²) in [5, 5.41) is 25.4. The third kappa shape index (κ3) is 11.3. The number of benzene rings is 2. The molecule has 3 N–H and O–H groups in total. The maximum Gasteiger partial charge on any atom is 0.303 e. The zero-order valence-corrected chi connectivity index (χ0v) is 36.0. The van der Waals surface area contributed by atoms with Gasteiger partial charge in [0.25, 0.3) is 20.2 Å². The van der Waals surface area contributed by atoms with Crippen LogP contribution in [0.25, 0.3) is 0 Å². The molecule has 5 rings (SSSR count). The molecule has 1 aromatic heterocycles. The van der Waals surface area contributed by atoms with Crippen LogP contribution in [0.1, 0.15) is 88.1 Å². The molecule has 0 amide bonds. The van der Waals surface area contributed by atoms with Gasteiger partial charge in [0.2, 0.25) is 5.69 Å². The molecule has 1 unspecified atom stereocenters. The normalized spacial score (nSPS) is 18.6. The standard InChI is InChI=1S/C41H50N2O11S4/c1-40(2)33-29-32(58(50,51)52)20-22-35(33)42(24-11-9-14-30-15-12-26-55-30)37(40)16-6-4-7-17-38-41(3,23-10-5-8-18-39(44)45)34-28-31(56-54-53-46)19-21-36(34)43(38)25-13-27-57(47,48)49/h4,6-7,12,15-17,19-22,26,28-29H,5,8-11,13-14,18,23-25,27H2,1-3H3,(H3-,44,45,46,47,48,49,50,51,52). The number of hydrogen-bond donors (Lipinski definition) is 3. The number of nitrogens with zero attached hydrogens (tertiary/aromatic N) is 2. The Morgan fingerprint density at radius 1 is 0.948 bits per heavy atom. The second-order valence-corrected chi connectivity index (χ2v) is 19.9. The minimum atomic E-state index is -4.41. The Kier molecular flexibility index (Phi) is 15.4. The topological polar surface area (TPSA) is 194 Å². The number of unbranched alkanes of at least 4 members (excludes halogenated alkanes) is 3. The van der Waals surface area contributed by atoms with Crippen molar-refractivity contribution in [3.8, 4) is 0 Å². The van der Waals surface area contributed by atoms with Gasteiger partial charge < -0.3 is 15.3 Å². The van der Waals surface area contributed by atoms with Crippen molar-refractivity contribution in [1.29, 1.82) is 0 Å². The Bertz CT molecular complexity index is 2280. The van der Waals surface area contributed by atoms with Crippen LogP contribution in [0.15, 0.2) is 99.8 Å². The molecule has 0 spiro atoms. The Morgan fingerprint density at radius 3 is 2.43 bits per heavy atom. The van der Waals surface area contributed by atoms with E-state index in [2.05, 4.69) is 32.3 Å². The zero-order chi connectivity index (χ0) is 42.1. The van der Waals surface area contributed by atoms with Crippen molar-refractivity contribution < 1.29 is 55.0 Å². The van der Waals surface area contributed by atoms with Crippen molar-refractivity contribution in [3.05, 3.63) is 106 Å². The van der Waals surface area contributed by atoms with Crippen LogP contribution in [0.3, 0.4) is 0 Å². The first-order valence-electron chi connectivity index (χ1n) is 19.0. The number of thiophene rings is 1. The lowest BCUT2D eigenvalue weighted by Crippen LogP contribution is -2.30. The van der Waals surface area contributed by atoms with Crippen molar-refractivity contribution in [2.24, 2.45) is 0 Å². The molecule has 2 aliphatic heterocycles. The number of aliphatic carboxylic acids is 1. The smallest absolute Gasteiger partial charge is 0.303 e. The molecule has 2 aliphatic rings. The van der Waals surface area contributed by atoms with Crippen molar-refractivity contribution in [1.82, 2.24) is 0 Å². The molecule has 3 heterocycles. The minimum absolute atomic E-state index is 0.0648. The van der Waals surface area contributed by atoms with E-state index in [0.29, 0.717) is 37.1 Å². The van der Waals surface area contributed by atoms with Crippen LogP contribution >= 0.6 is 23.4 Å². The number of allylic oxidation sites excluding steroid dienone is 6.